The van der Waals surface area contributed by atoms with E-state index in [1.165, 1.54) is 0 Å². The van der Waals surface area contributed by atoms with Crippen LogP contribution in [-0.2, 0) is 25.5 Å². The summed E-state index contributed by atoms with van der Waals surface area (Å²) in [4.78, 5) is 44.5. The van der Waals surface area contributed by atoms with Gasteiger partial charge in [0.2, 0.25) is 17.7 Å². The van der Waals surface area contributed by atoms with E-state index in [4.69, 9.17) is 4.74 Å². The Labute approximate surface area is 171 Å². The molecule has 3 rings (SSSR count). The van der Waals surface area contributed by atoms with Gasteiger partial charge in [-0.25, -0.2) is 0 Å². The number of carbonyl (C=O) groups is 3. The number of aryl methyl sites for hydroxylation is 1. The summed E-state index contributed by atoms with van der Waals surface area (Å²) in [6.45, 7) is 1.29. The first-order valence-corrected chi connectivity index (χ1v) is 10.2. The van der Waals surface area contributed by atoms with Crippen molar-refractivity contribution in [1.82, 2.24) is 20.1 Å². The molecule has 158 valence electrons. The van der Waals surface area contributed by atoms with Gasteiger partial charge in [-0.1, -0.05) is 6.07 Å². The fraction of sp³-hybridized carbons (Fsp3) is 0.619. The number of rotatable bonds is 6. The normalized spacial score (nSPS) is 25.0. The summed E-state index contributed by atoms with van der Waals surface area (Å²) < 4.78 is 5.60. The Morgan fingerprint density at radius 1 is 1.31 bits per heavy atom. The number of pyridine rings is 1. The molecule has 1 aliphatic carbocycles. The summed E-state index contributed by atoms with van der Waals surface area (Å²) >= 11 is 0. The topological polar surface area (TPSA) is 91.8 Å². The van der Waals surface area contributed by atoms with E-state index in [9.17, 15) is 14.4 Å². The number of carbonyl (C=O) groups excluding carboxylic acids is 3. The third-order valence-electron chi connectivity index (χ3n) is 5.92. The number of amides is 3. The number of hydrogen-bond donors (Lipinski definition) is 1. The van der Waals surface area contributed by atoms with Crippen molar-refractivity contribution in [3.63, 3.8) is 0 Å². The fourth-order valence-electron chi connectivity index (χ4n) is 4.07. The van der Waals surface area contributed by atoms with Crippen LogP contribution in [0.4, 0.5) is 0 Å². The van der Waals surface area contributed by atoms with E-state index in [1.54, 1.807) is 36.4 Å². The molecule has 1 saturated carbocycles. The molecule has 1 saturated heterocycles. The van der Waals surface area contributed by atoms with E-state index in [1.807, 2.05) is 12.1 Å². The predicted molar refractivity (Wildman–Crippen MR) is 107 cm³/mol. The Morgan fingerprint density at radius 2 is 2.14 bits per heavy atom. The third kappa shape index (κ3) is 5.53. The van der Waals surface area contributed by atoms with Crippen LogP contribution >= 0.6 is 0 Å². The van der Waals surface area contributed by atoms with Crippen molar-refractivity contribution in [3.8, 4) is 0 Å². The lowest BCUT2D eigenvalue weighted by Crippen LogP contribution is -2.54. The molecule has 1 N–H and O–H groups in total. The second kappa shape index (κ2) is 9.82. The largest absolute Gasteiger partial charge is 0.379 e. The summed E-state index contributed by atoms with van der Waals surface area (Å²) in [7, 11) is 3.37. The van der Waals surface area contributed by atoms with Crippen LogP contribution < -0.4 is 5.32 Å². The molecule has 2 fully saturated rings. The molecule has 1 aromatic heterocycles. The van der Waals surface area contributed by atoms with Gasteiger partial charge in [0, 0.05) is 52.0 Å². The number of likely N-dealkylation sites (N-methyl/N-ethyl adjacent to an activating group) is 1. The first kappa shape index (κ1) is 21.2. The summed E-state index contributed by atoms with van der Waals surface area (Å²) in [5.74, 6) is -0.188. The van der Waals surface area contributed by atoms with Crippen LogP contribution in [0.1, 0.15) is 31.2 Å². The lowest BCUT2D eigenvalue weighted by atomic mass is 9.82. The number of ether oxygens (including phenoxy) is 1. The molecular weight excluding hydrogens is 372 g/mol. The SMILES string of the molecule is CO[C@@H]1C[C@@H](C(=O)N2CCN(C)C(=O)C2)CC[C@H]1NC(=O)CCc1cccnc1. The van der Waals surface area contributed by atoms with Crippen molar-refractivity contribution in [2.24, 2.45) is 5.92 Å². The predicted octanol–water partition coefficient (Wildman–Crippen LogP) is 0.615. The number of aromatic nitrogens is 1. The number of nitrogens with one attached hydrogen (secondary N) is 1. The van der Waals surface area contributed by atoms with Crippen LogP contribution in [0.15, 0.2) is 24.5 Å². The Kier molecular flexibility index (Phi) is 7.19. The Bertz CT molecular complexity index is 727. The van der Waals surface area contributed by atoms with Gasteiger partial charge in [0.25, 0.3) is 0 Å². The van der Waals surface area contributed by atoms with Crippen molar-refractivity contribution in [3.05, 3.63) is 30.1 Å². The molecule has 2 aliphatic rings. The minimum Gasteiger partial charge on any atom is -0.379 e. The molecule has 0 unspecified atom stereocenters. The maximum absolute atomic E-state index is 12.9. The van der Waals surface area contributed by atoms with E-state index in [-0.39, 0.29) is 42.3 Å². The van der Waals surface area contributed by atoms with Crippen LogP contribution in [0.5, 0.6) is 0 Å². The standard InChI is InChI=1S/C21H30N4O4/c1-24-10-11-25(14-20(24)27)21(28)16-6-7-17(18(12-16)29-2)23-19(26)8-5-15-4-3-9-22-13-15/h3-4,9,13,16-18H,5-8,10-12,14H2,1-2H3,(H,23,26)/t16-,17+,18+/m0/s1. The fourth-order valence-corrected chi connectivity index (χ4v) is 4.07. The number of piperazine rings is 1. The molecule has 2 heterocycles. The molecule has 1 aliphatic heterocycles. The summed E-state index contributed by atoms with van der Waals surface area (Å²) in [5, 5.41) is 3.07. The molecule has 8 nitrogen and oxygen atoms in total. The second-order valence-corrected chi connectivity index (χ2v) is 7.89. The highest BCUT2D eigenvalue weighted by atomic mass is 16.5. The summed E-state index contributed by atoms with van der Waals surface area (Å²) in [6.07, 6.45) is 6.25. The molecule has 8 heteroatoms. The lowest BCUT2D eigenvalue weighted by molar-refractivity contribution is -0.148. The molecule has 0 spiro atoms. The van der Waals surface area contributed by atoms with Gasteiger partial charge in [-0.05, 0) is 37.3 Å². The maximum atomic E-state index is 12.9. The van der Waals surface area contributed by atoms with Crippen molar-refractivity contribution in [1.29, 1.82) is 0 Å². The van der Waals surface area contributed by atoms with Crippen molar-refractivity contribution >= 4 is 17.7 Å². The third-order valence-corrected chi connectivity index (χ3v) is 5.92. The Morgan fingerprint density at radius 3 is 2.83 bits per heavy atom. The molecule has 3 amide bonds. The Hall–Kier alpha value is -2.48. The summed E-state index contributed by atoms with van der Waals surface area (Å²) in [5.41, 5.74) is 1.03. The molecule has 0 radical (unpaired) electrons. The molecule has 3 atom stereocenters. The van der Waals surface area contributed by atoms with Gasteiger partial charge in [0.15, 0.2) is 0 Å². The van der Waals surface area contributed by atoms with Crippen LogP contribution in [0.3, 0.4) is 0 Å². The van der Waals surface area contributed by atoms with Crippen LogP contribution in [-0.4, -0.2) is 78.4 Å². The van der Waals surface area contributed by atoms with Gasteiger partial charge in [-0.3, -0.25) is 19.4 Å². The zero-order valence-corrected chi connectivity index (χ0v) is 17.2. The summed E-state index contributed by atoms with van der Waals surface area (Å²) in [6, 6.07) is 3.72. The van der Waals surface area contributed by atoms with Gasteiger partial charge in [-0.15, -0.1) is 0 Å². The smallest absolute Gasteiger partial charge is 0.241 e. The zero-order chi connectivity index (χ0) is 20.8. The van der Waals surface area contributed by atoms with E-state index < -0.39 is 0 Å². The van der Waals surface area contributed by atoms with Gasteiger partial charge < -0.3 is 19.9 Å². The average Bonchev–Trinajstić information content (AvgIpc) is 2.74. The number of nitrogens with zero attached hydrogens (tertiary/aromatic N) is 3. The second-order valence-electron chi connectivity index (χ2n) is 7.89. The highest BCUT2D eigenvalue weighted by Crippen LogP contribution is 2.28. The van der Waals surface area contributed by atoms with Crippen LogP contribution in [0.2, 0.25) is 0 Å². The number of methoxy groups -OCH3 is 1. The van der Waals surface area contributed by atoms with Gasteiger partial charge >= 0.3 is 0 Å². The van der Waals surface area contributed by atoms with Crippen LogP contribution in [0, 0.1) is 5.92 Å². The minimum absolute atomic E-state index is 0.0182. The first-order valence-electron chi connectivity index (χ1n) is 10.2. The van der Waals surface area contributed by atoms with Crippen molar-refractivity contribution in [2.45, 2.75) is 44.2 Å². The molecule has 29 heavy (non-hydrogen) atoms. The highest BCUT2D eigenvalue weighted by molar-refractivity contribution is 5.87. The highest BCUT2D eigenvalue weighted by Gasteiger charge is 2.37. The average molecular weight is 402 g/mol. The zero-order valence-electron chi connectivity index (χ0n) is 17.2. The van der Waals surface area contributed by atoms with E-state index in [2.05, 4.69) is 10.3 Å². The quantitative estimate of drug-likeness (QED) is 0.753. The van der Waals surface area contributed by atoms with Crippen molar-refractivity contribution in [2.75, 3.05) is 33.8 Å². The Balaban J connectivity index is 1.49. The van der Waals surface area contributed by atoms with Gasteiger partial charge in [0.1, 0.15) is 0 Å². The first-order chi connectivity index (χ1) is 14.0. The van der Waals surface area contributed by atoms with Crippen molar-refractivity contribution < 1.29 is 19.1 Å². The molecular formula is C21H30N4O4. The van der Waals surface area contributed by atoms with E-state index in [0.29, 0.717) is 45.2 Å². The maximum Gasteiger partial charge on any atom is 0.241 e. The molecule has 0 aromatic carbocycles. The van der Waals surface area contributed by atoms with Gasteiger partial charge in [0.05, 0.1) is 18.7 Å². The van der Waals surface area contributed by atoms with Gasteiger partial charge in [-0.2, -0.15) is 0 Å². The molecule has 1 aromatic rings. The molecule has 0 bridgehead atoms. The minimum atomic E-state index is -0.205. The van der Waals surface area contributed by atoms with Crippen LogP contribution in [0.25, 0.3) is 0 Å². The van der Waals surface area contributed by atoms with E-state index in [0.717, 1.165) is 5.56 Å². The van der Waals surface area contributed by atoms with E-state index >= 15 is 0 Å². The monoisotopic (exact) mass is 402 g/mol. The lowest BCUT2D eigenvalue weighted by Gasteiger charge is -2.39. The number of hydrogen-bond acceptors (Lipinski definition) is 5.